The van der Waals surface area contributed by atoms with E-state index < -0.39 is 0 Å². The van der Waals surface area contributed by atoms with E-state index in [-0.39, 0.29) is 49.6 Å². The zero-order valence-electron chi connectivity index (χ0n) is 21.2. The van der Waals surface area contributed by atoms with Crippen molar-refractivity contribution in [2.45, 2.75) is 89.4 Å². The van der Waals surface area contributed by atoms with Gasteiger partial charge in [0.15, 0.2) is 10.9 Å². The van der Waals surface area contributed by atoms with Gasteiger partial charge in [-0.1, -0.05) is 87.2 Å². The molecule has 0 aliphatic carbocycles. The monoisotopic (exact) mass is 551 g/mol. The van der Waals surface area contributed by atoms with Crippen LogP contribution in [0.4, 0.5) is 0 Å². The molecule has 0 aliphatic heterocycles. The van der Waals surface area contributed by atoms with E-state index in [0.29, 0.717) is 16.1 Å². The molecular weight excluding hydrogens is 518 g/mol. The number of aromatic nitrogens is 1. The smallest absolute Gasteiger partial charge is 0.261 e. The Kier molecular flexibility index (Phi) is 8.55. The van der Waals surface area contributed by atoms with Gasteiger partial charge >= 0.3 is 0 Å². The second-order valence-corrected chi connectivity index (χ2v) is 10.5. The molecule has 1 heterocycles. The minimum absolute atomic E-state index is 0.159. The van der Waals surface area contributed by atoms with Gasteiger partial charge in [-0.2, -0.15) is 0 Å². The summed E-state index contributed by atoms with van der Waals surface area (Å²) in [6.45, 7) is 4.32. The van der Waals surface area contributed by atoms with Crippen molar-refractivity contribution in [2.24, 2.45) is 0 Å². The number of rotatable bonds is 12. The van der Waals surface area contributed by atoms with E-state index in [1.165, 1.54) is 16.7 Å². The molecular formula is C30H34BrNO4. The van der Waals surface area contributed by atoms with E-state index in [4.69, 9.17) is 0 Å². The average Bonchev–Trinajstić information content (AvgIpc) is 3.14. The van der Waals surface area contributed by atoms with Crippen LogP contribution in [0.2, 0.25) is 0 Å². The molecule has 0 fully saturated rings. The maximum atomic E-state index is 13.5. The minimum Gasteiger partial charge on any atom is -0.289 e. The van der Waals surface area contributed by atoms with Crippen LogP contribution in [0, 0.1) is 0 Å². The largest absolute Gasteiger partial charge is 0.289 e. The summed E-state index contributed by atoms with van der Waals surface area (Å²) < 4.78 is 1.42. The molecule has 0 bridgehead atoms. The third-order valence-electron chi connectivity index (χ3n) is 7.42. The highest BCUT2D eigenvalue weighted by molar-refractivity contribution is 9.08. The Labute approximate surface area is 219 Å². The van der Waals surface area contributed by atoms with Crippen molar-refractivity contribution in [1.29, 1.82) is 0 Å². The SMILES string of the molecule is CCCCCCC(CCCCCC)n1c(=O)c2cc3c(=O)c4ccc(CBr)cc4c(=O)c3cc2c1=O. The summed E-state index contributed by atoms with van der Waals surface area (Å²) in [7, 11) is 0. The van der Waals surface area contributed by atoms with Crippen LogP contribution in [-0.4, -0.2) is 4.57 Å². The summed E-state index contributed by atoms with van der Waals surface area (Å²) in [6.07, 6.45) is 10.2. The van der Waals surface area contributed by atoms with Crippen molar-refractivity contribution in [2.75, 3.05) is 0 Å². The van der Waals surface area contributed by atoms with Crippen LogP contribution >= 0.6 is 15.9 Å². The first-order chi connectivity index (χ1) is 17.4. The zero-order chi connectivity index (χ0) is 25.8. The lowest BCUT2D eigenvalue weighted by molar-refractivity contribution is 0.386. The molecule has 0 aliphatic rings. The van der Waals surface area contributed by atoms with E-state index in [9.17, 15) is 19.2 Å². The first-order valence-electron chi connectivity index (χ1n) is 13.3. The molecule has 0 N–H and O–H groups in total. The van der Waals surface area contributed by atoms with Gasteiger partial charge in [0.05, 0.1) is 10.8 Å². The quantitative estimate of drug-likeness (QED) is 0.112. The van der Waals surface area contributed by atoms with Crippen molar-refractivity contribution in [3.8, 4) is 0 Å². The number of alkyl halides is 1. The first-order valence-corrected chi connectivity index (χ1v) is 14.4. The molecule has 190 valence electrons. The molecule has 0 amide bonds. The van der Waals surface area contributed by atoms with Crippen molar-refractivity contribution < 1.29 is 0 Å². The minimum atomic E-state index is -0.339. The molecule has 0 saturated heterocycles. The number of hydrogen-bond donors (Lipinski definition) is 0. The summed E-state index contributed by atoms with van der Waals surface area (Å²) in [4.78, 5) is 53.7. The fourth-order valence-corrected chi connectivity index (χ4v) is 5.73. The van der Waals surface area contributed by atoms with Gasteiger partial charge in [0.2, 0.25) is 0 Å². The summed E-state index contributed by atoms with van der Waals surface area (Å²) in [6, 6.07) is 8.02. The zero-order valence-corrected chi connectivity index (χ0v) is 22.8. The van der Waals surface area contributed by atoms with Gasteiger partial charge in [0, 0.05) is 32.9 Å². The molecule has 0 spiro atoms. The number of unbranched alkanes of at least 4 members (excludes halogenated alkanes) is 6. The van der Waals surface area contributed by atoms with Crippen molar-refractivity contribution in [3.05, 3.63) is 77.0 Å². The molecule has 0 atom stereocenters. The molecule has 1 aromatic heterocycles. The van der Waals surface area contributed by atoms with Gasteiger partial charge in [0.25, 0.3) is 11.1 Å². The van der Waals surface area contributed by atoms with Crippen LogP contribution in [0.1, 0.15) is 89.7 Å². The second kappa shape index (κ2) is 11.6. The molecule has 0 saturated carbocycles. The van der Waals surface area contributed by atoms with Gasteiger partial charge in [-0.3, -0.25) is 23.7 Å². The molecule has 0 radical (unpaired) electrons. The van der Waals surface area contributed by atoms with E-state index in [2.05, 4.69) is 29.8 Å². The molecule has 5 nitrogen and oxygen atoms in total. The Bertz CT molecular complexity index is 1580. The van der Waals surface area contributed by atoms with Crippen LogP contribution < -0.4 is 22.0 Å². The summed E-state index contributed by atoms with van der Waals surface area (Å²) in [5.74, 6) is 0. The fraction of sp³-hybridized carbons (Fsp3) is 0.467. The van der Waals surface area contributed by atoms with Crippen molar-refractivity contribution in [3.63, 3.8) is 0 Å². The highest BCUT2D eigenvalue weighted by Gasteiger charge is 2.22. The lowest BCUT2D eigenvalue weighted by Crippen LogP contribution is -2.30. The van der Waals surface area contributed by atoms with Crippen LogP contribution in [-0.2, 0) is 5.33 Å². The lowest BCUT2D eigenvalue weighted by Gasteiger charge is -2.17. The molecule has 6 heteroatoms. The third-order valence-corrected chi connectivity index (χ3v) is 8.07. The fourth-order valence-electron chi connectivity index (χ4n) is 5.38. The van der Waals surface area contributed by atoms with E-state index in [1.807, 2.05) is 6.07 Å². The molecule has 3 aromatic carbocycles. The van der Waals surface area contributed by atoms with Gasteiger partial charge in [-0.05, 0) is 42.7 Å². The maximum Gasteiger partial charge on any atom is 0.261 e. The molecule has 36 heavy (non-hydrogen) atoms. The topological polar surface area (TPSA) is 73.2 Å². The number of fused-ring (bicyclic) bond motifs is 3. The van der Waals surface area contributed by atoms with Crippen LogP contribution in [0.5, 0.6) is 0 Å². The Morgan fingerprint density at radius 2 is 1.14 bits per heavy atom. The first kappa shape index (κ1) is 26.5. The van der Waals surface area contributed by atoms with Gasteiger partial charge in [0.1, 0.15) is 0 Å². The highest BCUT2D eigenvalue weighted by Crippen LogP contribution is 2.24. The van der Waals surface area contributed by atoms with Crippen molar-refractivity contribution >= 4 is 48.2 Å². The molecule has 4 rings (SSSR count). The number of halogens is 1. The third kappa shape index (κ3) is 4.97. The second-order valence-electron chi connectivity index (χ2n) is 9.95. The van der Waals surface area contributed by atoms with Crippen molar-refractivity contribution in [1.82, 2.24) is 4.57 Å². The van der Waals surface area contributed by atoms with Crippen LogP contribution in [0.25, 0.3) is 32.3 Å². The van der Waals surface area contributed by atoms with Gasteiger partial charge in [-0.25, -0.2) is 0 Å². The van der Waals surface area contributed by atoms with Crippen LogP contribution in [0.15, 0.2) is 49.5 Å². The van der Waals surface area contributed by atoms with E-state index in [1.54, 1.807) is 12.1 Å². The predicted octanol–water partition coefficient (Wildman–Crippen LogP) is 6.64. The average molecular weight is 553 g/mol. The number of benzene rings is 3. The summed E-state index contributed by atoms with van der Waals surface area (Å²) in [5, 5.41) is 2.17. The Balaban J connectivity index is 1.87. The van der Waals surface area contributed by atoms with E-state index >= 15 is 0 Å². The van der Waals surface area contributed by atoms with Gasteiger partial charge in [-0.15, -0.1) is 0 Å². The predicted molar refractivity (Wildman–Crippen MR) is 154 cm³/mol. The standard InChI is InChI=1S/C30H34BrNO4/c1-3-5-7-9-11-20(12-10-8-6-4-2)32-29(35)25-16-23-24(17-26(25)30(32)36)28(34)22-15-19(18-31)13-14-21(22)27(23)33/h13-17,20H,3-12,18H2,1-2H3. The molecule has 4 aromatic rings. The highest BCUT2D eigenvalue weighted by atomic mass is 79.9. The Hall–Kier alpha value is -2.60. The number of nitrogens with zero attached hydrogens (tertiary/aromatic N) is 1. The summed E-state index contributed by atoms with van der Waals surface area (Å²) in [5.41, 5.74) is -0.341. The van der Waals surface area contributed by atoms with E-state index in [0.717, 1.165) is 69.8 Å². The lowest BCUT2D eigenvalue weighted by atomic mass is 9.99. The summed E-state index contributed by atoms with van der Waals surface area (Å²) >= 11 is 3.40. The normalized spacial score (nSPS) is 12.0. The van der Waals surface area contributed by atoms with Crippen LogP contribution in [0.3, 0.4) is 0 Å². The Morgan fingerprint density at radius 3 is 1.64 bits per heavy atom. The Morgan fingerprint density at radius 1 is 0.639 bits per heavy atom. The van der Waals surface area contributed by atoms with Gasteiger partial charge < -0.3 is 0 Å². The maximum absolute atomic E-state index is 13.5. The molecule has 0 unspecified atom stereocenters. The number of hydrogen-bond acceptors (Lipinski definition) is 4.